The van der Waals surface area contributed by atoms with Crippen LogP contribution in [0.25, 0.3) is 0 Å². The average molecular weight is 240 g/mol. The molecule has 0 aromatic carbocycles. The minimum absolute atomic E-state index is 0.148. The fraction of sp³-hybridized carbons (Fsp3) is 0.923. The van der Waals surface area contributed by atoms with Gasteiger partial charge in [-0.25, -0.2) is 0 Å². The molecule has 0 radical (unpaired) electrons. The molecule has 4 nitrogen and oxygen atoms in total. The van der Waals surface area contributed by atoms with Crippen LogP contribution in [0.2, 0.25) is 0 Å². The summed E-state index contributed by atoms with van der Waals surface area (Å²) < 4.78 is 5.67. The van der Waals surface area contributed by atoms with Gasteiger partial charge in [0.05, 0.1) is 17.7 Å². The summed E-state index contributed by atoms with van der Waals surface area (Å²) in [5.74, 6) is 0.249. The SMILES string of the molecule is C[C@@H]1CN(C(=O)C2(C)CCCCN2)C[C@H](C)O1. The molecule has 2 rings (SSSR count). The Hall–Kier alpha value is -0.610. The van der Waals surface area contributed by atoms with Crippen molar-refractivity contribution in [2.24, 2.45) is 0 Å². The van der Waals surface area contributed by atoms with Gasteiger partial charge in [-0.2, -0.15) is 0 Å². The lowest BCUT2D eigenvalue weighted by Crippen LogP contribution is -2.61. The minimum atomic E-state index is -0.352. The highest BCUT2D eigenvalue weighted by molar-refractivity contribution is 5.86. The van der Waals surface area contributed by atoms with E-state index in [0.717, 1.165) is 32.5 Å². The van der Waals surface area contributed by atoms with E-state index in [4.69, 9.17) is 4.74 Å². The second-order valence-electron chi connectivity index (χ2n) is 5.68. The predicted molar refractivity (Wildman–Crippen MR) is 66.8 cm³/mol. The molecule has 1 N–H and O–H groups in total. The molecule has 1 amide bonds. The first-order chi connectivity index (χ1) is 8.01. The molecule has 0 spiro atoms. The molecule has 2 aliphatic heterocycles. The second kappa shape index (κ2) is 4.94. The van der Waals surface area contributed by atoms with Crippen LogP contribution >= 0.6 is 0 Å². The van der Waals surface area contributed by atoms with E-state index in [-0.39, 0.29) is 23.7 Å². The zero-order chi connectivity index (χ0) is 12.5. The van der Waals surface area contributed by atoms with Crippen LogP contribution in [-0.4, -0.2) is 48.2 Å². The van der Waals surface area contributed by atoms with Gasteiger partial charge < -0.3 is 15.0 Å². The number of nitrogens with one attached hydrogen (secondary N) is 1. The third kappa shape index (κ3) is 2.80. The van der Waals surface area contributed by atoms with Crippen LogP contribution in [-0.2, 0) is 9.53 Å². The van der Waals surface area contributed by atoms with Crippen LogP contribution in [0.3, 0.4) is 0 Å². The van der Waals surface area contributed by atoms with E-state index >= 15 is 0 Å². The minimum Gasteiger partial charge on any atom is -0.372 e. The molecule has 0 aromatic heterocycles. The highest BCUT2D eigenvalue weighted by Crippen LogP contribution is 2.23. The Balaban J connectivity index is 2.03. The van der Waals surface area contributed by atoms with Gasteiger partial charge in [0.2, 0.25) is 5.91 Å². The van der Waals surface area contributed by atoms with E-state index in [9.17, 15) is 4.79 Å². The maximum absolute atomic E-state index is 12.6. The van der Waals surface area contributed by atoms with Gasteiger partial charge in [0, 0.05) is 13.1 Å². The molecule has 2 saturated heterocycles. The van der Waals surface area contributed by atoms with Gasteiger partial charge in [-0.3, -0.25) is 4.79 Å². The number of amides is 1. The third-order valence-corrected chi connectivity index (χ3v) is 3.80. The molecule has 0 saturated carbocycles. The molecule has 0 bridgehead atoms. The summed E-state index contributed by atoms with van der Waals surface area (Å²) in [4.78, 5) is 14.5. The first-order valence-electron chi connectivity index (χ1n) is 6.71. The van der Waals surface area contributed by atoms with E-state index < -0.39 is 0 Å². The number of morpholine rings is 1. The molecule has 4 heteroatoms. The van der Waals surface area contributed by atoms with Crippen LogP contribution < -0.4 is 5.32 Å². The van der Waals surface area contributed by atoms with E-state index in [1.807, 2.05) is 25.7 Å². The molecule has 98 valence electrons. The van der Waals surface area contributed by atoms with Crippen LogP contribution in [0.15, 0.2) is 0 Å². The number of piperidine rings is 1. The van der Waals surface area contributed by atoms with Gasteiger partial charge in [-0.15, -0.1) is 0 Å². The van der Waals surface area contributed by atoms with Gasteiger partial charge in [0.25, 0.3) is 0 Å². The first kappa shape index (κ1) is 12.8. The molecule has 0 aromatic rings. The highest BCUT2D eigenvalue weighted by atomic mass is 16.5. The van der Waals surface area contributed by atoms with Crippen molar-refractivity contribution in [3.8, 4) is 0 Å². The Kier molecular flexibility index (Phi) is 3.73. The zero-order valence-corrected chi connectivity index (χ0v) is 11.2. The third-order valence-electron chi connectivity index (χ3n) is 3.80. The standard InChI is InChI=1S/C13H24N2O2/c1-10-8-15(9-11(2)17-10)12(16)13(3)6-4-5-7-14-13/h10-11,14H,4-9H2,1-3H3/t10-,11+,13?. The summed E-state index contributed by atoms with van der Waals surface area (Å²) in [5, 5.41) is 3.39. The monoisotopic (exact) mass is 240 g/mol. The molecule has 3 atom stereocenters. The number of hydrogen-bond donors (Lipinski definition) is 1. The Labute approximate surface area is 104 Å². The number of carbonyl (C=O) groups is 1. The fourth-order valence-corrected chi connectivity index (χ4v) is 2.93. The lowest BCUT2D eigenvalue weighted by molar-refractivity contribution is -0.150. The lowest BCUT2D eigenvalue weighted by atomic mass is 9.89. The van der Waals surface area contributed by atoms with Crippen LogP contribution in [0, 0.1) is 0 Å². The topological polar surface area (TPSA) is 41.6 Å². The van der Waals surface area contributed by atoms with Crippen LogP contribution in [0.4, 0.5) is 0 Å². The van der Waals surface area contributed by atoms with E-state index in [1.54, 1.807) is 0 Å². The van der Waals surface area contributed by atoms with Crippen molar-refractivity contribution in [3.63, 3.8) is 0 Å². The van der Waals surface area contributed by atoms with E-state index in [0.29, 0.717) is 0 Å². The lowest BCUT2D eigenvalue weighted by Gasteiger charge is -2.42. The Bertz CT molecular complexity index is 277. The molecule has 2 aliphatic rings. The average Bonchev–Trinajstić information content (AvgIpc) is 2.27. The van der Waals surface area contributed by atoms with Gasteiger partial charge in [-0.05, 0) is 46.6 Å². The highest BCUT2D eigenvalue weighted by Gasteiger charge is 2.39. The summed E-state index contributed by atoms with van der Waals surface area (Å²) >= 11 is 0. The van der Waals surface area contributed by atoms with E-state index in [1.165, 1.54) is 6.42 Å². The summed E-state index contributed by atoms with van der Waals surface area (Å²) in [6, 6.07) is 0. The fourth-order valence-electron chi connectivity index (χ4n) is 2.93. The molecule has 17 heavy (non-hydrogen) atoms. The van der Waals surface area contributed by atoms with Crippen molar-refractivity contribution in [1.82, 2.24) is 10.2 Å². The van der Waals surface area contributed by atoms with Crippen molar-refractivity contribution >= 4 is 5.91 Å². The first-order valence-corrected chi connectivity index (χ1v) is 6.71. The van der Waals surface area contributed by atoms with Gasteiger partial charge >= 0.3 is 0 Å². The maximum Gasteiger partial charge on any atom is 0.242 e. The zero-order valence-electron chi connectivity index (χ0n) is 11.2. The summed E-state index contributed by atoms with van der Waals surface area (Å²) in [7, 11) is 0. The van der Waals surface area contributed by atoms with Crippen molar-refractivity contribution < 1.29 is 9.53 Å². The van der Waals surface area contributed by atoms with Gasteiger partial charge in [-0.1, -0.05) is 0 Å². The smallest absolute Gasteiger partial charge is 0.242 e. The van der Waals surface area contributed by atoms with Gasteiger partial charge in [0.1, 0.15) is 0 Å². The quantitative estimate of drug-likeness (QED) is 0.747. The van der Waals surface area contributed by atoms with Crippen LogP contribution in [0.1, 0.15) is 40.0 Å². The van der Waals surface area contributed by atoms with Crippen molar-refractivity contribution in [1.29, 1.82) is 0 Å². The Morgan fingerprint density at radius 2 is 1.94 bits per heavy atom. The van der Waals surface area contributed by atoms with Crippen molar-refractivity contribution in [3.05, 3.63) is 0 Å². The Morgan fingerprint density at radius 3 is 2.47 bits per heavy atom. The summed E-state index contributed by atoms with van der Waals surface area (Å²) in [6.45, 7) is 8.51. The van der Waals surface area contributed by atoms with Crippen molar-refractivity contribution in [2.45, 2.75) is 57.8 Å². The predicted octanol–water partition coefficient (Wildman–Crippen LogP) is 1.15. The summed E-state index contributed by atoms with van der Waals surface area (Å²) in [6.07, 6.45) is 3.57. The largest absolute Gasteiger partial charge is 0.372 e. The molecule has 0 aliphatic carbocycles. The number of ether oxygens (including phenoxy) is 1. The molecule has 2 fully saturated rings. The number of nitrogens with zero attached hydrogens (tertiary/aromatic N) is 1. The molecule has 1 unspecified atom stereocenters. The summed E-state index contributed by atoms with van der Waals surface area (Å²) in [5.41, 5.74) is -0.352. The van der Waals surface area contributed by atoms with Gasteiger partial charge in [0.15, 0.2) is 0 Å². The Morgan fingerprint density at radius 1 is 1.29 bits per heavy atom. The molecule has 2 heterocycles. The molecular formula is C13H24N2O2. The molecular weight excluding hydrogens is 216 g/mol. The number of carbonyl (C=O) groups excluding carboxylic acids is 1. The van der Waals surface area contributed by atoms with Crippen molar-refractivity contribution in [2.75, 3.05) is 19.6 Å². The normalized spacial score (nSPS) is 39.1. The van der Waals surface area contributed by atoms with Crippen LogP contribution in [0.5, 0.6) is 0 Å². The van der Waals surface area contributed by atoms with E-state index in [2.05, 4.69) is 5.32 Å². The maximum atomic E-state index is 12.6. The second-order valence-corrected chi connectivity index (χ2v) is 5.68. The number of rotatable bonds is 1. The number of hydrogen-bond acceptors (Lipinski definition) is 3.